The minimum atomic E-state index is -0.453. The van der Waals surface area contributed by atoms with Crippen molar-refractivity contribution in [3.63, 3.8) is 0 Å². The normalized spacial score (nSPS) is 22.7. The van der Waals surface area contributed by atoms with Crippen LogP contribution in [0.2, 0.25) is 0 Å². The monoisotopic (exact) mass is 367 g/mol. The summed E-state index contributed by atoms with van der Waals surface area (Å²) in [6, 6.07) is 8.30. The number of hydrogen-bond acceptors (Lipinski definition) is 4. The van der Waals surface area contributed by atoms with Crippen LogP contribution in [0.1, 0.15) is 46.6 Å². The third kappa shape index (κ3) is 3.24. The van der Waals surface area contributed by atoms with E-state index in [1.807, 2.05) is 11.0 Å². The summed E-state index contributed by atoms with van der Waals surface area (Å²) < 4.78 is 5.25. The first-order valence-electron chi connectivity index (χ1n) is 9.53. The first-order valence-corrected chi connectivity index (χ1v) is 9.53. The van der Waals surface area contributed by atoms with Crippen LogP contribution in [0.25, 0.3) is 0 Å². The molecule has 0 N–H and O–H groups in total. The molecule has 1 unspecified atom stereocenters. The predicted molar refractivity (Wildman–Crippen MR) is 100 cm³/mol. The topological polar surface area (TPSA) is 66.7 Å². The molecular formula is C21H25N3O3. The predicted octanol–water partition coefficient (Wildman–Crippen LogP) is 2.95. The van der Waals surface area contributed by atoms with Gasteiger partial charge < -0.3 is 14.2 Å². The highest BCUT2D eigenvalue weighted by Crippen LogP contribution is 2.41. The fourth-order valence-electron chi connectivity index (χ4n) is 4.41. The summed E-state index contributed by atoms with van der Waals surface area (Å²) in [6.07, 6.45) is 3.83. The van der Waals surface area contributed by atoms with E-state index in [1.165, 1.54) is 12.0 Å². The number of aryl methyl sites for hydroxylation is 2. The number of rotatable bonds is 3. The van der Waals surface area contributed by atoms with Crippen molar-refractivity contribution in [3.8, 4) is 0 Å². The largest absolute Gasteiger partial charge is 0.438 e. The molecule has 0 saturated carbocycles. The number of nitrogens with zero attached hydrogens (tertiary/aromatic N) is 3. The Labute approximate surface area is 159 Å². The molecule has 2 fully saturated rings. The van der Waals surface area contributed by atoms with Crippen molar-refractivity contribution in [2.45, 2.75) is 39.7 Å². The van der Waals surface area contributed by atoms with Crippen LogP contribution in [0.3, 0.4) is 0 Å². The Hall–Kier alpha value is -2.63. The van der Waals surface area contributed by atoms with Gasteiger partial charge in [-0.1, -0.05) is 29.8 Å². The highest BCUT2D eigenvalue weighted by Gasteiger charge is 2.49. The first kappa shape index (κ1) is 17.8. The number of aromatic nitrogens is 1. The number of hydrogen-bond donors (Lipinski definition) is 0. The van der Waals surface area contributed by atoms with Gasteiger partial charge in [0.1, 0.15) is 0 Å². The number of likely N-dealkylation sites (tertiary alicyclic amines) is 2. The summed E-state index contributed by atoms with van der Waals surface area (Å²) >= 11 is 0. The molecule has 2 aromatic rings. The zero-order valence-corrected chi connectivity index (χ0v) is 15.9. The molecule has 2 aliphatic heterocycles. The van der Waals surface area contributed by atoms with E-state index in [0.29, 0.717) is 25.3 Å². The van der Waals surface area contributed by atoms with Gasteiger partial charge in [0.2, 0.25) is 11.7 Å². The Morgan fingerprint density at radius 2 is 2.11 bits per heavy atom. The summed E-state index contributed by atoms with van der Waals surface area (Å²) in [5.74, 6) is 0.303. The second-order valence-electron chi connectivity index (χ2n) is 7.84. The average molecular weight is 367 g/mol. The second-order valence-corrected chi connectivity index (χ2v) is 7.84. The Morgan fingerprint density at radius 1 is 1.26 bits per heavy atom. The molecule has 2 aliphatic rings. The molecule has 142 valence electrons. The van der Waals surface area contributed by atoms with E-state index in [0.717, 1.165) is 31.4 Å². The van der Waals surface area contributed by atoms with Crippen LogP contribution in [0.4, 0.5) is 0 Å². The van der Waals surface area contributed by atoms with E-state index < -0.39 is 5.41 Å². The lowest BCUT2D eigenvalue weighted by Gasteiger charge is -2.39. The molecule has 0 radical (unpaired) electrons. The van der Waals surface area contributed by atoms with E-state index in [-0.39, 0.29) is 17.6 Å². The number of piperidine rings is 1. The smallest absolute Gasteiger partial charge is 0.291 e. The molecule has 3 heterocycles. The minimum Gasteiger partial charge on any atom is -0.438 e. The third-order valence-corrected chi connectivity index (χ3v) is 5.86. The number of oxazole rings is 1. The molecule has 1 aromatic heterocycles. The fraction of sp³-hybridized carbons (Fsp3) is 0.476. The van der Waals surface area contributed by atoms with Gasteiger partial charge in [-0.3, -0.25) is 9.59 Å². The summed E-state index contributed by atoms with van der Waals surface area (Å²) in [5, 5.41) is 0. The number of carbonyl (C=O) groups excluding carboxylic acids is 2. The van der Waals surface area contributed by atoms with E-state index in [4.69, 9.17) is 4.42 Å². The van der Waals surface area contributed by atoms with Crippen molar-refractivity contribution in [1.29, 1.82) is 0 Å². The maximum atomic E-state index is 13.3. The van der Waals surface area contributed by atoms with Crippen molar-refractivity contribution in [1.82, 2.24) is 14.8 Å². The van der Waals surface area contributed by atoms with E-state index >= 15 is 0 Å². The summed E-state index contributed by atoms with van der Waals surface area (Å²) in [4.78, 5) is 33.8. The van der Waals surface area contributed by atoms with Gasteiger partial charge in [-0.2, -0.15) is 0 Å². The number of benzene rings is 1. The lowest BCUT2D eigenvalue weighted by molar-refractivity contribution is -0.146. The molecule has 1 aromatic carbocycles. The van der Waals surface area contributed by atoms with Gasteiger partial charge in [-0.05, 0) is 38.7 Å². The Bertz CT molecular complexity index is 875. The highest BCUT2D eigenvalue weighted by molar-refractivity contribution is 5.94. The first-order chi connectivity index (χ1) is 13.0. The van der Waals surface area contributed by atoms with E-state index in [1.54, 1.807) is 11.8 Å². The van der Waals surface area contributed by atoms with Crippen molar-refractivity contribution in [2.24, 2.45) is 5.41 Å². The highest BCUT2D eigenvalue weighted by atomic mass is 16.3. The summed E-state index contributed by atoms with van der Waals surface area (Å²) in [5.41, 5.74) is 2.50. The van der Waals surface area contributed by atoms with Crippen molar-refractivity contribution >= 4 is 11.8 Å². The fourth-order valence-corrected chi connectivity index (χ4v) is 4.41. The lowest BCUT2D eigenvalue weighted by atomic mass is 9.78. The summed E-state index contributed by atoms with van der Waals surface area (Å²) in [6.45, 7) is 6.30. The molecule has 1 atom stereocenters. The number of amides is 2. The van der Waals surface area contributed by atoms with Gasteiger partial charge in [-0.15, -0.1) is 0 Å². The van der Waals surface area contributed by atoms with Crippen LogP contribution in [-0.4, -0.2) is 46.2 Å². The molecule has 0 bridgehead atoms. The SMILES string of the molecule is Cc1cccc(CN2CCCC3(CCN(C(=O)c4ocnc4C)C3)C2=O)c1. The van der Waals surface area contributed by atoms with Crippen LogP contribution in [-0.2, 0) is 11.3 Å². The van der Waals surface area contributed by atoms with Gasteiger partial charge in [0, 0.05) is 26.2 Å². The molecule has 4 rings (SSSR count). The van der Waals surface area contributed by atoms with Gasteiger partial charge in [0.25, 0.3) is 5.91 Å². The molecule has 27 heavy (non-hydrogen) atoms. The maximum absolute atomic E-state index is 13.3. The van der Waals surface area contributed by atoms with Gasteiger partial charge in [0.05, 0.1) is 11.1 Å². The molecule has 2 amide bonds. The van der Waals surface area contributed by atoms with Gasteiger partial charge >= 0.3 is 0 Å². The van der Waals surface area contributed by atoms with Crippen LogP contribution < -0.4 is 0 Å². The Morgan fingerprint density at radius 3 is 2.85 bits per heavy atom. The molecule has 2 saturated heterocycles. The van der Waals surface area contributed by atoms with Crippen LogP contribution in [0.15, 0.2) is 35.1 Å². The Balaban J connectivity index is 1.49. The molecular weight excluding hydrogens is 342 g/mol. The quantitative estimate of drug-likeness (QED) is 0.837. The summed E-state index contributed by atoms with van der Waals surface area (Å²) in [7, 11) is 0. The molecule has 6 heteroatoms. The van der Waals surface area contributed by atoms with Crippen molar-refractivity contribution in [2.75, 3.05) is 19.6 Å². The zero-order chi connectivity index (χ0) is 19.0. The molecule has 0 aliphatic carbocycles. The van der Waals surface area contributed by atoms with E-state index in [2.05, 4.69) is 30.1 Å². The molecule has 1 spiro atoms. The van der Waals surface area contributed by atoms with Crippen LogP contribution in [0.5, 0.6) is 0 Å². The molecule has 6 nitrogen and oxygen atoms in total. The number of carbonyl (C=O) groups is 2. The lowest BCUT2D eigenvalue weighted by Crippen LogP contribution is -2.50. The maximum Gasteiger partial charge on any atom is 0.291 e. The average Bonchev–Trinajstić information content (AvgIpc) is 3.26. The van der Waals surface area contributed by atoms with E-state index in [9.17, 15) is 9.59 Å². The standard InChI is InChI=1S/C21H25N3O3/c1-15-5-3-6-17(11-15)12-23-9-4-7-21(20(23)26)8-10-24(13-21)19(25)18-16(2)22-14-27-18/h3,5-6,11,14H,4,7-10,12-13H2,1-2H3. The van der Waals surface area contributed by atoms with Crippen molar-refractivity contribution in [3.05, 3.63) is 53.2 Å². The van der Waals surface area contributed by atoms with Crippen molar-refractivity contribution < 1.29 is 14.0 Å². The zero-order valence-electron chi connectivity index (χ0n) is 15.9. The second kappa shape index (κ2) is 6.83. The third-order valence-electron chi connectivity index (χ3n) is 5.86. The van der Waals surface area contributed by atoms with Gasteiger partial charge in [0.15, 0.2) is 6.39 Å². The van der Waals surface area contributed by atoms with Gasteiger partial charge in [-0.25, -0.2) is 4.98 Å². The van der Waals surface area contributed by atoms with Crippen LogP contribution >= 0.6 is 0 Å². The minimum absolute atomic E-state index is 0.162. The Kier molecular flexibility index (Phi) is 4.50. The van der Waals surface area contributed by atoms with Crippen LogP contribution in [0, 0.1) is 19.3 Å².